The van der Waals surface area contributed by atoms with Crippen LogP contribution in [0.1, 0.15) is 12.0 Å². The van der Waals surface area contributed by atoms with Crippen LogP contribution in [0, 0.1) is 11.8 Å². The van der Waals surface area contributed by atoms with Gasteiger partial charge in [-0.3, -0.25) is 0 Å². The highest BCUT2D eigenvalue weighted by Crippen LogP contribution is 2.49. The van der Waals surface area contributed by atoms with Crippen LogP contribution in [0.25, 0.3) is 16.3 Å². The fourth-order valence-corrected chi connectivity index (χ4v) is 3.70. The van der Waals surface area contributed by atoms with Crippen LogP contribution in [-0.4, -0.2) is 13.1 Å². The number of hydrogen-bond acceptors (Lipinski definition) is 2. The van der Waals surface area contributed by atoms with E-state index in [2.05, 4.69) is 42.5 Å². The van der Waals surface area contributed by atoms with Crippen molar-refractivity contribution < 1.29 is 9.53 Å². The van der Waals surface area contributed by atoms with Crippen LogP contribution in [0.2, 0.25) is 0 Å². The third kappa shape index (κ3) is 1.75. The molecule has 2 aliphatic rings. The van der Waals surface area contributed by atoms with E-state index in [-0.39, 0.29) is 11.9 Å². The molecular weight excluding hydrogens is 260 g/mol. The van der Waals surface area contributed by atoms with Gasteiger partial charge in [-0.25, -0.2) is 4.79 Å². The summed E-state index contributed by atoms with van der Waals surface area (Å²) in [4.78, 5) is 12.2. The van der Waals surface area contributed by atoms with Crippen molar-refractivity contribution in [2.45, 2.75) is 6.42 Å². The number of fused-ring (bicyclic) bond motifs is 3. The molecule has 2 unspecified atom stereocenters. The highest BCUT2D eigenvalue weighted by Gasteiger charge is 2.39. The summed E-state index contributed by atoms with van der Waals surface area (Å²) in [6, 6.07) is 14.6. The van der Waals surface area contributed by atoms with Crippen LogP contribution in [0.5, 0.6) is 0 Å². The molecule has 0 heterocycles. The average Bonchev–Trinajstić information content (AvgIpc) is 3.14. The molecule has 2 atom stereocenters. The standard InChI is InChI=1S/C19H16O2/c1-21-19(20)18-14-10-9-13(11-14)17(18)16-8-4-6-12-5-2-3-7-15(12)16/h2-10,13-14H,11H2,1H3. The van der Waals surface area contributed by atoms with Gasteiger partial charge < -0.3 is 4.74 Å². The van der Waals surface area contributed by atoms with E-state index < -0.39 is 0 Å². The van der Waals surface area contributed by atoms with Gasteiger partial charge in [0.05, 0.1) is 7.11 Å². The lowest BCUT2D eigenvalue weighted by atomic mass is 9.88. The van der Waals surface area contributed by atoms with Gasteiger partial charge in [0.2, 0.25) is 0 Å². The maximum absolute atomic E-state index is 12.2. The first kappa shape index (κ1) is 12.4. The maximum Gasteiger partial charge on any atom is 0.334 e. The number of methoxy groups -OCH3 is 1. The largest absolute Gasteiger partial charge is 0.466 e. The number of esters is 1. The van der Waals surface area contributed by atoms with Crippen LogP contribution in [0.4, 0.5) is 0 Å². The molecule has 0 radical (unpaired) electrons. The zero-order valence-corrected chi connectivity index (χ0v) is 11.9. The van der Waals surface area contributed by atoms with Crippen LogP contribution in [0.15, 0.2) is 60.2 Å². The molecule has 0 fully saturated rings. The molecule has 0 saturated heterocycles. The minimum absolute atomic E-state index is 0.185. The lowest BCUT2D eigenvalue weighted by Crippen LogP contribution is -2.11. The van der Waals surface area contributed by atoms with E-state index in [0.717, 1.165) is 17.6 Å². The summed E-state index contributed by atoms with van der Waals surface area (Å²) in [6.07, 6.45) is 5.38. The second kappa shape index (κ2) is 4.59. The summed E-state index contributed by atoms with van der Waals surface area (Å²) in [5.41, 5.74) is 3.18. The average molecular weight is 276 g/mol. The fraction of sp³-hybridized carbons (Fsp3) is 0.211. The zero-order chi connectivity index (χ0) is 14.4. The van der Waals surface area contributed by atoms with Gasteiger partial charge in [-0.2, -0.15) is 0 Å². The molecule has 0 N–H and O–H groups in total. The van der Waals surface area contributed by atoms with Crippen LogP contribution < -0.4 is 0 Å². The van der Waals surface area contributed by atoms with Crippen molar-refractivity contribution in [1.82, 2.24) is 0 Å². The summed E-state index contributed by atoms with van der Waals surface area (Å²) in [6.45, 7) is 0. The van der Waals surface area contributed by atoms with Crippen molar-refractivity contribution in [2.24, 2.45) is 11.8 Å². The maximum atomic E-state index is 12.2. The number of carbonyl (C=O) groups is 1. The first-order valence-electron chi connectivity index (χ1n) is 7.28. The SMILES string of the molecule is COC(=O)C1=C(c2cccc3ccccc23)C2C=CC1C2. The molecule has 2 nitrogen and oxygen atoms in total. The van der Waals surface area contributed by atoms with Crippen LogP contribution in [-0.2, 0) is 9.53 Å². The third-order valence-corrected chi connectivity index (χ3v) is 4.60. The van der Waals surface area contributed by atoms with E-state index in [9.17, 15) is 4.79 Å². The smallest absolute Gasteiger partial charge is 0.334 e. The predicted molar refractivity (Wildman–Crippen MR) is 83.6 cm³/mol. The van der Waals surface area contributed by atoms with E-state index in [1.54, 1.807) is 0 Å². The molecule has 21 heavy (non-hydrogen) atoms. The molecule has 2 bridgehead atoms. The van der Waals surface area contributed by atoms with Gasteiger partial charge in [0.25, 0.3) is 0 Å². The molecule has 2 aromatic rings. The number of rotatable bonds is 2. The molecule has 2 heteroatoms. The Bertz CT molecular complexity index is 793. The molecule has 104 valence electrons. The van der Waals surface area contributed by atoms with Crippen molar-refractivity contribution in [3.8, 4) is 0 Å². The first-order chi connectivity index (χ1) is 10.3. The van der Waals surface area contributed by atoms with Gasteiger partial charge in [0, 0.05) is 17.4 Å². The molecule has 0 aliphatic heterocycles. The Balaban J connectivity index is 1.98. The number of ether oxygens (including phenoxy) is 1. The van der Waals surface area contributed by atoms with Crippen molar-refractivity contribution in [1.29, 1.82) is 0 Å². The van der Waals surface area contributed by atoms with Crippen LogP contribution >= 0.6 is 0 Å². The number of allylic oxidation sites excluding steroid dienone is 3. The molecule has 0 spiro atoms. The summed E-state index contributed by atoms with van der Waals surface area (Å²) < 4.78 is 5.02. The normalized spacial score (nSPS) is 23.1. The van der Waals surface area contributed by atoms with Gasteiger partial charge in [-0.05, 0) is 28.3 Å². The Hall–Kier alpha value is -2.35. The molecule has 2 aromatic carbocycles. The highest BCUT2D eigenvalue weighted by molar-refractivity contribution is 6.06. The van der Waals surface area contributed by atoms with E-state index >= 15 is 0 Å². The Morgan fingerprint density at radius 3 is 2.67 bits per heavy atom. The molecule has 0 saturated carbocycles. The second-order valence-electron chi connectivity index (χ2n) is 5.68. The quantitative estimate of drug-likeness (QED) is 0.613. The summed E-state index contributed by atoms with van der Waals surface area (Å²) >= 11 is 0. The molecule has 0 amide bonds. The van der Waals surface area contributed by atoms with Crippen molar-refractivity contribution in [2.75, 3.05) is 7.11 Å². The van der Waals surface area contributed by atoms with E-state index in [4.69, 9.17) is 4.74 Å². The Morgan fingerprint density at radius 1 is 1.05 bits per heavy atom. The minimum atomic E-state index is -0.185. The lowest BCUT2D eigenvalue weighted by molar-refractivity contribution is -0.136. The number of hydrogen-bond donors (Lipinski definition) is 0. The zero-order valence-electron chi connectivity index (χ0n) is 11.9. The van der Waals surface area contributed by atoms with Crippen molar-refractivity contribution in [3.05, 3.63) is 65.8 Å². The summed E-state index contributed by atoms with van der Waals surface area (Å²) in [5.74, 6) is 0.376. The first-order valence-corrected chi connectivity index (χ1v) is 7.28. The van der Waals surface area contributed by atoms with Gasteiger partial charge in [-0.1, -0.05) is 54.6 Å². The number of benzene rings is 2. The Kier molecular flexibility index (Phi) is 2.71. The molecule has 2 aliphatic carbocycles. The monoisotopic (exact) mass is 276 g/mol. The Labute approximate surface area is 123 Å². The van der Waals surface area contributed by atoms with Gasteiger partial charge in [0.15, 0.2) is 0 Å². The van der Waals surface area contributed by atoms with Gasteiger partial charge in [0.1, 0.15) is 0 Å². The van der Waals surface area contributed by atoms with Gasteiger partial charge >= 0.3 is 5.97 Å². The molecule has 0 aromatic heterocycles. The van der Waals surface area contributed by atoms with E-state index in [1.807, 2.05) is 12.1 Å². The predicted octanol–water partition coefficient (Wildman–Crippen LogP) is 3.97. The van der Waals surface area contributed by atoms with E-state index in [0.29, 0.717) is 5.92 Å². The third-order valence-electron chi connectivity index (χ3n) is 4.60. The lowest BCUT2D eigenvalue weighted by Gasteiger charge is -2.17. The van der Waals surface area contributed by atoms with Crippen LogP contribution in [0.3, 0.4) is 0 Å². The highest BCUT2D eigenvalue weighted by atomic mass is 16.5. The topological polar surface area (TPSA) is 26.3 Å². The summed E-state index contributed by atoms with van der Waals surface area (Å²) in [5, 5.41) is 2.41. The Morgan fingerprint density at radius 2 is 1.81 bits per heavy atom. The second-order valence-corrected chi connectivity index (χ2v) is 5.68. The minimum Gasteiger partial charge on any atom is -0.466 e. The van der Waals surface area contributed by atoms with Crippen molar-refractivity contribution in [3.63, 3.8) is 0 Å². The van der Waals surface area contributed by atoms with E-state index in [1.165, 1.54) is 23.4 Å². The molecule has 4 rings (SSSR count). The van der Waals surface area contributed by atoms with Crippen molar-refractivity contribution >= 4 is 22.3 Å². The fourth-order valence-electron chi connectivity index (χ4n) is 3.70. The summed E-state index contributed by atoms with van der Waals surface area (Å²) in [7, 11) is 1.46. The van der Waals surface area contributed by atoms with Gasteiger partial charge in [-0.15, -0.1) is 0 Å². The molecular formula is C19H16O2. The number of carbonyl (C=O) groups excluding carboxylic acids is 1.